The Balaban J connectivity index is 1.66. The molecule has 0 aliphatic heterocycles. The van der Waals surface area contributed by atoms with Gasteiger partial charge in [-0.05, 0) is 24.3 Å². The summed E-state index contributed by atoms with van der Waals surface area (Å²) in [4.78, 5) is 15.9. The van der Waals surface area contributed by atoms with Gasteiger partial charge in [-0.25, -0.2) is 4.98 Å². The summed E-state index contributed by atoms with van der Waals surface area (Å²) in [6.07, 6.45) is 4.12. The number of rotatable bonds is 4. The number of aromatic nitrogens is 2. The molecule has 0 aliphatic carbocycles. The van der Waals surface area contributed by atoms with Crippen LogP contribution >= 0.6 is 27.3 Å². The average molecular weight is 350 g/mol. The number of amides is 1. The van der Waals surface area contributed by atoms with E-state index >= 15 is 0 Å². The molecular weight excluding hydrogens is 338 g/mol. The first-order valence-electron chi connectivity index (χ1n) is 6.16. The number of carbonyl (C=O) groups excluding carboxylic acids is 1. The fourth-order valence-electron chi connectivity index (χ4n) is 2.05. The van der Waals surface area contributed by atoms with Crippen molar-refractivity contribution in [2.24, 2.45) is 0 Å². The van der Waals surface area contributed by atoms with Gasteiger partial charge < -0.3 is 9.88 Å². The molecule has 0 saturated carbocycles. The third-order valence-corrected chi connectivity index (χ3v) is 4.17. The Morgan fingerprint density at radius 3 is 3.10 bits per heavy atom. The van der Waals surface area contributed by atoms with Gasteiger partial charge in [-0.1, -0.05) is 15.9 Å². The molecule has 0 unspecified atom stereocenters. The molecule has 2 heterocycles. The van der Waals surface area contributed by atoms with Crippen LogP contribution < -0.4 is 5.32 Å². The van der Waals surface area contributed by atoms with Crippen LogP contribution in [0.1, 0.15) is 6.42 Å². The minimum atomic E-state index is -0.0149. The van der Waals surface area contributed by atoms with Gasteiger partial charge in [0.1, 0.15) is 0 Å². The highest BCUT2D eigenvalue weighted by atomic mass is 79.9. The molecule has 0 saturated heterocycles. The molecule has 102 valence electrons. The zero-order chi connectivity index (χ0) is 13.9. The van der Waals surface area contributed by atoms with Crippen LogP contribution in [0.15, 0.2) is 46.5 Å². The average Bonchev–Trinajstić information content (AvgIpc) is 3.05. The molecule has 0 atom stereocenters. The van der Waals surface area contributed by atoms with E-state index in [1.165, 1.54) is 16.7 Å². The van der Waals surface area contributed by atoms with Gasteiger partial charge >= 0.3 is 0 Å². The van der Waals surface area contributed by atoms with Crippen molar-refractivity contribution < 1.29 is 4.79 Å². The largest absolute Gasteiger partial charge is 0.347 e. The third-order valence-electron chi connectivity index (χ3n) is 2.99. The summed E-state index contributed by atoms with van der Waals surface area (Å²) in [5.74, 6) is -0.0149. The second-order valence-corrected chi connectivity index (χ2v) is 6.16. The minimum Gasteiger partial charge on any atom is -0.347 e. The number of anilines is 1. The van der Waals surface area contributed by atoms with Gasteiger partial charge in [-0.3, -0.25) is 4.79 Å². The maximum absolute atomic E-state index is 11.8. The fourth-order valence-corrected chi connectivity index (χ4v) is 2.98. The van der Waals surface area contributed by atoms with Crippen molar-refractivity contribution in [2.45, 2.75) is 13.0 Å². The highest BCUT2D eigenvalue weighted by Gasteiger charge is 2.06. The van der Waals surface area contributed by atoms with E-state index in [4.69, 9.17) is 0 Å². The van der Waals surface area contributed by atoms with Crippen molar-refractivity contribution >= 4 is 49.2 Å². The van der Waals surface area contributed by atoms with Gasteiger partial charge in [0.25, 0.3) is 0 Å². The number of nitrogens with one attached hydrogen (secondary N) is 1. The summed E-state index contributed by atoms with van der Waals surface area (Å²) in [6.45, 7) is 0.655. The number of fused-ring (bicyclic) bond motifs is 1. The van der Waals surface area contributed by atoms with E-state index < -0.39 is 0 Å². The van der Waals surface area contributed by atoms with Crippen molar-refractivity contribution in [1.29, 1.82) is 0 Å². The number of carbonyl (C=O) groups is 1. The van der Waals surface area contributed by atoms with Crippen LogP contribution in [-0.4, -0.2) is 15.5 Å². The van der Waals surface area contributed by atoms with Crippen LogP contribution in [0.5, 0.6) is 0 Å². The van der Waals surface area contributed by atoms with Crippen LogP contribution in [-0.2, 0) is 11.3 Å². The van der Waals surface area contributed by atoms with Crippen LogP contribution in [0.25, 0.3) is 10.9 Å². The van der Waals surface area contributed by atoms with Crippen LogP contribution in [0.2, 0.25) is 0 Å². The van der Waals surface area contributed by atoms with Gasteiger partial charge in [0.15, 0.2) is 5.13 Å². The third kappa shape index (κ3) is 2.91. The molecular formula is C14H12BrN3OS. The number of thiazole rings is 1. The molecule has 0 fully saturated rings. The summed E-state index contributed by atoms with van der Waals surface area (Å²) < 4.78 is 3.15. The van der Waals surface area contributed by atoms with Gasteiger partial charge in [0.2, 0.25) is 5.91 Å². The predicted octanol–water partition coefficient (Wildman–Crippen LogP) is 3.89. The lowest BCUT2D eigenvalue weighted by Gasteiger charge is -2.05. The molecule has 0 radical (unpaired) electrons. The molecule has 3 rings (SSSR count). The molecule has 0 aliphatic rings. The summed E-state index contributed by atoms with van der Waals surface area (Å²) >= 11 is 4.88. The Labute approximate surface area is 128 Å². The summed E-state index contributed by atoms with van der Waals surface area (Å²) in [6, 6.07) is 8.19. The van der Waals surface area contributed by atoms with Gasteiger partial charge in [-0.15, -0.1) is 11.3 Å². The molecule has 3 aromatic rings. The van der Waals surface area contributed by atoms with E-state index in [2.05, 4.69) is 49.0 Å². The van der Waals surface area contributed by atoms with Crippen molar-refractivity contribution in [3.05, 3.63) is 46.5 Å². The molecule has 6 heteroatoms. The molecule has 0 bridgehead atoms. The van der Waals surface area contributed by atoms with E-state index in [1.54, 1.807) is 6.20 Å². The fraction of sp³-hybridized carbons (Fsp3) is 0.143. The second-order valence-electron chi connectivity index (χ2n) is 4.35. The Morgan fingerprint density at radius 2 is 2.30 bits per heavy atom. The first kappa shape index (κ1) is 13.3. The number of benzene rings is 1. The second kappa shape index (κ2) is 5.76. The van der Waals surface area contributed by atoms with Gasteiger partial charge in [0, 0.05) is 46.1 Å². The van der Waals surface area contributed by atoms with Crippen molar-refractivity contribution in [3.8, 4) is 0 Å². The highest BCUT2D eigenvalue weighted by molar-refractivity contribution is 9.10. The van der Waals surface area contributed by atoms with E-state index in [0.717, 1.165) is 9.99 Å². The molecule has 1 N–H and O–H groups in total. The standard InChI is InChI=1S/C14H12BrN3OS/c15-11-1-2-12-10(9-11)3-6-18(12)7-4-13(19)17-14-16-5-8-20-14/h1-3,5-6,8-9H,4,7H2,(H,16,17,19). The smallest absolute Gasteiger partial charge is 0.227 e. The topological polar surface area (TPSA) is 46.9 Å². The summed E-state index contributed by atoms with van der Waals surface area (Å²) in [5, 5.41) is 6.45. The van der Waals surface area contributed by atoms with Crippen LogP contribution in [0.4, 0.5) is 5.13 Å². The van der Waals surface area contributed by atoms with E-state index in [-0.39, 0.29) is 5.91 Å². The molecule has 20 heavy (non-hydrogen) atoms. The van der Waals surface area contributed by atoms with E-state index in [0.29, 0.717) is 18.1 Å². The van der Waals surface area contributed by atoms with Gasteiger partial charge in [0.05, 0.1) is 0 Å². The Hall–Kier alpha value is -1.66. The summed E-state index contributed by atoms with van der Waals surface area (Å²) in [5.41, 5.74) is 1.13. The highest BCUT2D eigenvalue weighted by Crippen LogP contribution is 2.21. The normalized spacial score (nSPS) is 10.8. The van der Waals surface area contributed by atoms with Crippen molar-refractivity contribution in [2.75, 3.05) is 5.32 Å². The lowest BCUT2D eigenvalue weighted by atomic mass is 10.2. The molecule has 4 nitrogen and oxygen atoms in total. The first-order valence-corrected chi connectivity index (χ1v) is 7.83. The number of hydrogen-bond donors (Lipinski definition) is 1. The summed E-state index contributed by atoms with van der Waals surface area (Å²) in [7, 11) is 0. The maximum Gasteiger partial charge on any atom is 0.227 e. The minimum absolute atomic E-state index is 0.0149. The predicted molar refractivity (Wildman–Crippen MR) is 85.0 cm³/mol. The molecule has 1 aromatic carbocycles. The molecule has 2 aromatic heterocycles. The number of halogens is 1. The zero-order valence-electron chi connectivity index (χ0n) is 10.5. The Bertz CT molecular complexity index is 736. The molecule has 0 spiro atoms. The van der Waals surface area contributed by atoms with Crippen molar-refractivity contribution in [1.82, 2.24) is 9.55 Å². The van der Waals surface area contributed by atoms with Crippen molar-refractivity contribution in [3.63, 3.8) is 0 Å². The quantitative estimate of drug-likeness (QED) is 0.776. The lowest BCUT2D eigenvalue weighted by Crippen LogP contribution is -2.13. The number of nitrogens with zero attached hydrogens (tertiary/aromatic N) is 2. The maximum atomic E-state index is 11.8. The Morgan fingerprint density at radius 1 is 1.40 bits per heavy atom. The number of hydrogen-bond acceptors (Lipinski definition) is 3. The SMILES string of the molecule is O=C(CCn1ccc2cc(Br)ccc21)Nc1nccs1. The van der Waals surface area contributed by atoms with Crippen LogP contribution in [0.3, 0.4) is 0 Å². The lowest BCUT2D eigenvalue weighted by molar-refractivity contribution is -0.116. The Kier molecular flexibility index (Phi) is 3.84. The number of aryl methyl sites for hydroxylation is 1. The van der Waals surface area contributed by atoms with Crippen LogP contribution in [0, 0.1) is 0 Å². The first-order chi connectivity index (χ1) is 9.72. The molecule has 1 amide bonds. The van der Waals surface area contributed by atoms with Gasteiger partial charge in [-0.2, -0.15) is 0 Å². The van der Waals surface area contributed by atoms with E-state index in [1.807, 2.05) is 17.6 Å². The van der Waals surface area contributed by atoms with E-state index in [9.17, 15) is 4.79 Å². The zero-order valence-corrected chi connectivity index (χ0v) is 12.9. The monoisotopic (exact) mass is 349 g/mol.